The standard InChI is InChI=1S/C14H18BrNO3/c1-14(9-6-10-15,13(18)16-2)19-12(17)11-7-4-3-5-8-11/h3-5,7-8H,6,9-10H2,1-2H3,(H,16,18). The third kappa shape index (κ3) is 4.35. The van der Waals surface area contributed by atoms with Gasteiger partial charge in [-0.1, -0.05) is 34.1 Å². The summed E-state index contributed by atoms with van der Waals surface area (Å²) in [4.78, 5) is 23.9. The maximum atomic E-state index is 12.0. The monoisotopic (exact) mass is 327 g/mol. The molecule has 1 aromatic rings. The van der Waals surface area contributed by atoms with Crippen LogP contribution in [0.2, 0.25) is 0 Å². The molecule has 0 fully saturated rings. The average molecular weight is 328 g/mol. The number of carbonyl (C=O) groups is 2. The SMILES string of the molecule is CNC(=O)C(C)(CCCBr)OC(=O)c1ccccc1. The van der Waals surface area contributed by atoms with Gasteiger partial charge in [0.05, 0.1) is 5.56 Å². The van der Waals surface area contributed by atoms with Gasteiger partial charge in [0, 0.05) is 12.4 Å². The Morgan fingerprint density at radius 1 is 1.32 bits per heavy atom. The van der Waals surface area contributed by atoms with E-state index in [1.165, 1.54) is 7.05 Å². The van der Waals surface area contributed by atoms with Crippen LogP contribution in [0.15, 0.2) is 30.3 Å². The van der Waals surface area contributed by atoms with Crippen molar-refractivity contribution in [2.24, 2.45) is 0 Å². The third-order valence-corrected chi connectivity index (χ3v) is 3.38. The number of hydrogen-bond donors (Lipinski definition) is 1. The van der Waals surface area contributed by atoms with Crippen molar-refractivity contribution in [1.29, 1.82) is 0 Å². The second-order valence-corrected chi connectivity index (χ2v) is 5.15. The van der Waals surface area contributed by atoms with Crippen molar-refractivity contribution in [1.82, 2.24) is 5.32 Å². The zero-order valence-electron chi connectivity index (χ0n) is 11.1. The summed E-state index contributed by atoms with van der Waals surface area (Å²) in [5.74, 6) is -0.779. The van der Waals surface area contributed by atoms with Crippen molar-refractivity contribution in [3.63, 3.8) is 0 Å². The van der Waals surface area contributed by atoms with E-state index in [1.807, 2.05) is 6.07 Å². The van der Waals surface area contributed by atoms with Crippen LogP contribution in [-0.2, 0) is 9.53 Å². The number of halogens is 1. The molecule has 0 aliphatic heterocycles. The van der Waals surface area contributed by atoms with Gasteiger partial charge in [-0.05, 0) is 31.9 Å². The molecule has 0 radical (unpaired) electrons. The van der Waals surface area contributed by atoms with Crippen LogP contribution in [0.1, 0.15) is 30.1 Å². The summed E-state index contributed by atoms with van der Waals surface area (Å²) in [6.45, 7) is 1.63. The summed E-state index contributed by atoms with van der Waals surface area (Å²) in [5.41, 5.74) is -0.702. The average Bonchev–Trinajstić information content (AvgIpc) is 2.45. The number of esters is 1. The summed E-state index contributed by atoms with van der Waals surface area (Å²) in [7, 11) is 1.53. The Balaban J connectivity index is 2.83. The summed E-state index contributed by atoms with van der Waals surface area (Å²) in [6.07, 6.45) is 1.21. The fourth-order valence-electron chi connectivity index (χ4n) is 1.72. The molecular weight excluding hydrogens is 310 g/mol. The number of alkyl halides is 1. The van der Waals surface area contributed by atoms with Crippen LogP contribution >= 0.6 is 15.9 Å². The smallest absolute Gasteiger partial charge is 0.339 e. The number of amides is 1. The highest BCUT2D eigenvalue weighted by atomic mass is 79.9. The van der Waals surface area contributed by atoms with Gasteiger partial charge in [0.1, 0.15) is 0 Å². The molecule has 0 spiro atoms. The molecule has 4 nitrogen and oxygen atoms in total. The molecule has 1 amide bonds. The fourth-order valence-corrected chi connectivity index (χ4v) is 2.00. The van der Waals surface area contributed by atoms with Crippen LogP contribution in [-0.4, -0.2) is 29.9 Å². The molecule has 1 aromatic carbocycles. The molecule has 1 N–H and O–H groups in total. The minimum Gasteiger partial charge on any atom is -0.446 e. The largest absolute Gasteiger partial charge is 0.446 e. The first kappa shape index (κ1) is 15.7. The molecule has 1 unspecified atom stereocenters. The van der Waals surface area contributed by atoms with E-state index in [9.17, 15) is 9.59 Å². The van der Waals surface area contributed by atoms with Crippen molar-refractivity contribution >= 4 is 27.8 Å². The van der Waals surface area contributed by atoms with Gasteiger partial charge in [-0.25, -0.2) is 4.79 Å². The second-order valence-electron chi connectivity index (χ2n) is 4.36. The van der Waals surface area contributed by atoms with Gasteiger partial charge in [0.15, 0.2) is 5.60 Å². The minimum absolute atomic E-state index is 0.294. The van der Waals surface area contributed by atoms with E-state index in [1.54, 1.807) is 31.2 Å². The van der Waals surface area contributed by atoms with Crippen molar-refractivity contribution in [3.8, 4) is 0 Å². The maximum absolute atomic E-state index is 12.0. The molecule has 19 heavy (non-hydrogen) atoms. The normalized spacial score (nSPS) is 13.4. The molecule has 1 atom stereocenters. The topological polar surface area (TPSA) is 55.4 Å². The first-order valence-corrected chi connectivity index (χ1v) is 7.22. The van der Waals surface area contributed by atoms with Crippen LogP contribution in [0.4, 0.5) is 0 Å². The first-order valence-electron chi connectivity index (χ1n) is 6.10. The van der Waals surface area contributed by atoms with Crippen LogP contribution in [0.3, 0.4) is 0 Å². The van der Waals surface area contributed by atoms with Gasteiger partial charge in [-0.3, -0.25) is 4.79 Å². The number of hydrogen-bond acceptors (Lipinski definition) is 3. The van der Waals surface area contributed by atoms with E-state index in [-0.39, 0.29) is 5.91 Å². The van der Waals surface area contributed by atoms with Gasteiger partial charge >= 0.3 is 5.97 Å². The number of benzene rings is 1. The van der Waals surface area contributed by atoms with Crippen LogP contribution in [0.5, 0.6) is 0 Å². The van der Waals surface area contributed by atoms with Gasteiger partial charge in [0.25, 0.3) is 5.91 Å². The van der Waals surface area contributed by atoms with Crippen molar-refractivity contribution in [2.75, 3.05) is 12.4 Å². The maximum Gasteiger partial charge on any atom is 0.339 e. The quantitative estimate of drug-likeness (QED) is 0.645. The van der Waals surface area contributed by atoms with Crippen molar-refractivity contribution in [3.05, 3.63) is 35.9 Å². The second kappa shape index (κ2) is 7.28. The minimum atomic E-state index is -1.14. The molecular formula is C14H18BrNO3. The van der Waals surface area contributed by atoms with Crippen LogP contribution in [0.25, 0.3) is 0 Å². The Kier molecular flexibility index (Phi) is 6.02. The molecule has 0 bridgehead atoms. The fraction of sp³-hybridized carbons (Fsp3) is 0.429. The van der Waals surface area contributed by atoms with Gasteiger partial charge in [0.2, 0.25) is 0 Å². The third-order valence-electron chi connectivity index (χ3n) is 2.82. The Morgan fingerprint density at radius 2 is 1.95 bits per heavy atom. The number of likely N-dealkylation sites (N-methyl/N-ethyl adjacent to an activating group) is 1. The van der Waals surface area contributed by atoms with Crippen LogP contribution < -0.4 is 5.32 Å². The highest BCUT2D eigenvalue weighted by molar-refractivity contribution is 9.09. The van der Waals surface area contributed by atoms with Crippen LogP contribution in [0, 0.1) is 0 Å². The Bertz CT molecular complexity index is 436. The summed E-state index contributed by atoms with van der Waals surface area (Å²) in [5, 5.41) is 3.29. The molecule has 104 valence electrons. The van der Waals surface area contributed by atoms with E-state index in [0.29, 0.717) is 12.0 Å². The van der Waals surface area contributed by atoms with E-state index in [4.69, 9.17) is 4.74 Å². The Morgan fingerprint density at radius 3 is 2.47 bits per heavy atom. The molecule has 0 aliphatic rings. The van der Waals surface area contributed by atoms with E-state index in [0.717, 1.165) is 11.8 Å². The molecule has 1 rings (SSSR count). The predicted octanol–water partition coefficient (Wildman–Crippen LogP) is 2.52. The molecule has 0 aromatic heterocycles. The van der Waals surface area contributed by atoms with E-state index >= 15 is 0 Å². The van der Waals surface area contributed by atoms with Gasteiger partial charge in [-0.2, -0.15) is 0 Å². The highest BCUT2D eigenvalue weighted by Crippen LogP contribution is 2.21. The molecule has 5 heteroatoms. The lowest BCUT2D eigenvalue weighted by Crippen LogP contribution is -2.46. The number of rotatable bonds is 6. The number of carbonyl (C=O) groups excluding carboxylic acids is 2. The summed E-state index contributed by atoms with van der Waals surface area (Å²) >= 11 is 3.31. The molecule has 0 aliphatic carbocycles. The zero-order chi connectivity index (χ0) is 14.3. The Hall–Kier alpha value is -1.36. The van der Waals surface area contributed by atoms with E-state index in [2.05, 4.69) is 21.2 Å². The number of nitrogens with one attached hydrogen (secondary N) is 1. The van der Waals surface area contributed by atoms with Gasteiger partial charge in [-0.15, -0.1) is 0 Å². The number of ether oxygens (including phenoxy) is 1. The van der Waals surface area contributed by atoms with Crippen molar-refractivity contribution in [2.45, 2.75) is 25.4 Å². The zero-order valence-corrected chi connectivity index (χ0v) is 12.7. The van der Waals surface area contributed by atoms with Gasteiger partial charge < -0.3 is 10.1 Å². The summed E-state index contributed by atoms with van der Waals surface area (Å²) < 4.78 is 5.41. The lowest BCUT2D eigenvalue weighted by Gasteiger charge is -2.27. The first-order chi connectivity index (χ1) is 9.03. The van der Waals surface area contributed by atoms with E-state index < -0.39 is 11.6 Å². The molecule has 0 saturated carbocycles. The molecule has 0 heterocycles. The molecule has 0 saturated heterocycles. The predicted molar refractivity (Wildman–Crippen MR) is 77.4 cm³/mol. The lowest BCUT2D eigenvalue weighted by molar-refractivity contribution is -0.139. The lowest BCUT2D eigenvalue weighted by atomic mass is 9.99. The highest BCUT2D eigenvalue weighted by Gasteiger charge is 2.36. The summed E-state index contributed by atoms with van der Waals surface area (Å²) in [6, 6.07) is 8.66. The Labute approximate surface area is 121 Å². The van der Waals surface area contributed by atoms with Crippen molar-refractivity contribution < 1.29 is 14.3 Å².